The van der Waals surface area contributed by atoms with E-state index >= 15 is 0 Å². The Morgan fingerprint density at radius 1 is 1.33 bits per heavy atom. The van der Waals surface area contributed by atoms with Crippen molar-refractivity contribution in [2.45, 2.75) is 33.2 Å². The number of ether oxygens (including phenoxy) is 3. The fourth-order valence-electron chi connectivity index (χ4n) is 2.38. The number of Topliss-reactive ketones (excluding diaryl/α,β-unsaturated/α-hetero) is 1. The quantitative estimate of drug-likeness (QED) is 0.867. The highest BCUT2D eigenvalue weighted by Crippen LogP contribution is 2.37. The Kier molecular flexibility index (Phi) is 3.33. The Morgan fingerprint density at radius 2 is 2.14 bits per heavy atom. The van der Waals surface area contributed by atoms with Crippen molar-refractivity contribution in [3.05, 3.63) is 35.9 Å². The van der Waals surface area contributed by atoms with Crippen molar-refractivity contribution in [3.63, 3.8) is 0 Å². The zero-order valence-electron chi connectivity index (χ0n) is 12.4. The molecule has 2 aromatic carbocycles. The zero-order chi connectivity index (χ0) is 15.0. The van der Waals surface area contributed by atoms with Crippen molar-refractivity contribution < 1.29 is 19.0 Å². The summed E-state index contributed by atoms with van der Waals surface area (Å²) in [5.41, 5.74) is 1.02. The second-order valence-corrected chi connectivity index (χ2v) is 5.72. The van der Waals surface area contributed by atoms with E-state index in [9.17, 15) is 4.79 Å². The van der Waals surface area contributed by atoms with E-state index in [-0.39, 0.29) is 12.4 Å². The van der Waals surface area contributed by atoms with Crippen LogP contribution in [0.3, 0.4) is 0 Å². The first kappa shape index (κ1) is 13.9. The SMILES string of the molecule is CC(=O)COc1cccc2cc3c(cc12)OC(C)(C)OC3. The lowest BCUT2D eigenvalue weighted by Crippen LogP contribution is -2.35. The summed E-state index contributed by atoms with van der Waals surface area (Å²) >= 11 is 0. The van der Waals surface area contributed by atoms with E-state index in [1.807, 2.05) is 44.2 Å². The van der Waals surface area contributed by atoms with Crippen LogP contribution in [0.4, 0.5) is 0 Å². The molecule has 0 fully saturated rings. The zero-order valence-corrected chi connectivity index (χ0v) is 12.4. The van der Waals surface area contributed by atoms with Crippen molar-refractivity contribution in [2.24, 2.45) is 0 Å². The van der Waals surface area contributed by atoms with Crippen molar-refractivity contribution >= 4 is 16.6 Å². The van der Waals surface area contributed by atoms with E-state index < -0.39 is 5.79 Å². The molecule has 1 aliphatic rings. The minimum Gasteiger partial charge on any atom is -0.485 e. The van der Waals surface area contributed by atoms with Crippen LogP contribution >= 0.6 is 0 Å². The van der Waals surface area contributed by atoms with Gasteiger partial charge in [0.15, 0.2) is 5.78 Å². The topological polar surface area (TPSA) is 44.8 Å². The average molecular weight is 286 g/mol. The number of hydrogen-bond donors (Lipinski definition) is 0. The predicted octanol–water partition coefficient (Wildman–Crippen LogP) is 3.45. The molecule has 0 amide bonds. The monoisotopic (exact) mass is 286 g/mol. The number of fused-ring (bicyclic) bond motifs is 2. The third-order valence-corrected chi connectivity index (χ3v) is 3.38. The largest absolute Gasteiger partial charge is 0.485 e. The number of ketones is 1. The standard InChI is InChI=1S/C17H18O4/c1-11(18)9-19-15-6-4-5-12-7-13-10-20-17(2,3)21-16(13)8-14(12)15/h4-8H,9-10H2,1-3H3. The highest BCUT2D eigenvalue weighted by atomic mass is 16.7. The normalized spacial score (nSPS) is 16.1. The summed E-state index contributed by atoms with van der Waals surface area (Å²) in [6, 6.07) is 9.79. The van der Waals surface area contributed by atoms with Gasteiger partial charge in [0.05, 0.1) is 6.61 Å². The van der Waals surface area contributed by atoms with Crippen molar-refractivity contribution in [2.75, 3.05) is 6.61 Å². The molecule has 0 unspecified atom stereocenters. The number of benzene rings is 2. The molecule has 0 saturated carbocycles. The summed E-state index contributed by atoms with van der Waals surface area (Å²) in [6.45, 7) is 5.88. The Bertz CT molecular complexity index is 703. The second kappa shape index (κ2) is 5.04. The van der Waals surface area contributed by atoms with Gasteiger partial charge in [0, 0.05) is 24.8 Å². The van der Waals surface area contributed by atoms with E-state index in [4.69, 9.17) is 14.2 Å². The Hall–Kier alpha value is -2.07. The molecule has 0 N–H and O–H groups in total. The lowest BCUT2D eigenvalue weighted by molar-refractivity contribution is -0.179. The highest BCUT2D eigenvalue weighted by Gasteiger charge is 2.27. The summed E-state index contributed by atoms with van der Waals surface area (Å²) in [5, 5.41) is 1.98. The van der Waals surface area contributed by atoms with Crippen LogP contribution in [0.5, 0.6) is 11.5 Å². The van der Waals surface area contributed by atoms with Crippen molar-refractivity contribution in [1.82, 2.24) is 0 Å². The minimum atomic E-state index is -0.629. The number of carbonyl (C=O) groups is 1. The van der Waals surface area contributed by atoms with Crippen LogP contribution in [-0.2, 0) is 16.1 Å². The minimum absolute atomic E-state index is 0.00394. The molecule has 4 nitrogen and oxygen atoms in total. The van der Waals surface area contributed by atoms with E-state index in [0.717, 1.165) is 22.1 Å². The van der Waals surface area contributed by atoms with Crippen LogP contribution in [-0.4, -0.2) is 18.2 Å². The van der Waals surface area contributed by atoms with E-state index in [1.165, 1.54) is 6.92 Å². The lowest BCUT2D eigenvalue weighted by Gasteiger charge is -2.32. The van der Waals surface area contributed by atoms with Gasteiger partial charge in [-0.2, -0.15) is 0 Å². The first-order chi connectivity index (χ1) is 9.94. The van der Waals surface area contributed by atoms with Gasteiger partial charge < -0.3 is 14.2 Å². The molecule has 0 aliphatic carbocycles. The summed E-state index contributed by atoms with van der Waals surface area (Å²) < 4.78 is 17.1. The van der Waals surface area contributed by atoms with Crippen molar-refractivity contribution in [3.8, 4) is 11.5 Å². The average Bonchev–Trinajstić information content (AvgIpc) is 2.42. The third kappa shape index (κ3) is 2.85. The third-order valence-electron chi connectivity index (χ3n) is 3.38. The van der Waals surface area contributed by atoms with E-state index in [0.29, 0.717) is 12.4 Å². The van der Waals surface area contributed by atoms with Crippen LogP contribution in [0.2, 0.25) is 0 Å². The molecule has 0 radical (unpaired) electrons. The van der Waals surface area contributed by atoms with Gasteiger partial charge in [-0.25, -0.2) is 0 Å². The Balaban J connectivity index is 2.05. The Morgan fingerprint density at radius 3 is 2.90 bits per heavy atom. The first-order valence-electron chi connectivity index (χ1n) is 6.95. The summed E-state index contributed by atoms with van der Waals surface area (Å²) in [5.74, 6) is 0.863. The van der Waals surface area contributed by atoms with Gasteiger partial charge in [0.1, 0.15) is 18.1 Å². The molecule has 4 heteroatoms. The molecule has 2 aromatic rings. The van der Waals surface area contributed by atoms with Gasteiger partial charge in [-0.15, -0.1) is 0 Å². The maximum absolute atomic E-state index is 11.1. The molecule has 0 atom stereocenters. The molecule has 0 bridgehead atoms. The molecule has 110 valence electrons. The highest BCUT2D eigenvalue weighted by molar-refractivity contribution is 5.91. The van der Waals surface area contributed by atoms with Crippen molar-refractivity contribution in [1.29, 1.82) is 0 Å². The van der Waals surface area contributed by atoms with Crippen LogP contribution in [0, 0.1) is 0 Å². The van der Waals surface area contributed by atoms with Gasteiger partial charge in [-0.05, 0) is 30.5 Å². The number of carbonyl (C=O) groups excluding carboxylic acids is 1. The van der Waals surface area contributed by atoms with Gasteiger partial charge >= 0.3 is 0 Å². The van der Waals surface area contributed by atoms with Gasteiger partial charge in [0.25, 0.3) is 0 Å². The lowest BCUT2D eigenvalue weighted by atomic mass is 10.0. The molecular weight excluding hydrogens is 268 g/mol. The van der Waals surface area contributed by atoms with Crippen LogP contribution < -0.4 is 9.47 Å². The summed E-state index contributed by atoms with van der Waals surface area (Å²) in [4.78, 5) is 11.1. The maximum atomic E-state index is 11.1. The van der Waals surface area contributed by atoms with Gasteiger partial charge in [0.2, 0.25) is 5.79 Å². The summed E-state index contributed by atoms with van der Waals surface area (Å²) in [6.07, 6.45) is 0. The van der Waals surface area contributed by atoms with Crippen LogP contribution in [0.25, 0.3) is 10.8 Å². The molecular formula is C17H18O4. The predicted molar refractivity (Wildman–Crippen MR) is 79.6 cm³/mol. The smallest absolute Gasteiger partial charge is 0.205 e. The fraction of sp³-hybridized carbons (Fsp3) is 0.353. The molecule has 0 saturated heterocycles. The molecule has 0 aromatic heterocycles. The van der Waals surface area contributed by atoms with Crippen LogP contribution in [0.15, 0.2) is 30.3 Å². The number of rotatable bonds is 3. The van der Waals surface area contributed by atoms with E-state index in [1.54, 1.807) is 0 Å². The Labute approximate surface area is 123 Å². The summed E-state index contributed by atoms with van der Waals surface area (Å²) in [7, 11) is 0. The van der Waals surface area contributed by atoms with Crippen LogP contribution in [0.1, 0.15) is 26.3 Å². The molecule has 21 heavy (non-hydrogen) atoms. The molecule has 0 spiro atoms. The molecule has 1 aliphatic heterocycles. The first-order valence-corrected chi connectivity index (χ1v) is 6.95. The number of hydrogen-bond acceptors (Lipinski definition) is 4. The molecule has 3 rings (SSSR count). The second-order valence-electron chi connectivity index (χ2n) is 5.72. The maximum Gasteiger partial charge on any atom is 0.205 e. The molecule has 1 heterocycles. The van der Waals surface area contributed by atoms with Gasteiger partial charge in [-0.3, -0.25) is 4.79 Å². The van der Waals surface area contributed by atoms with E-state index in [2.05, 4.69) is 0 Å². The fourth-order valence-corrected chi connectivity index (χ4v) is 2.38. The van der Waals surface area contributed by atoms with Gasteiger partial charge in [-0.1, -0.05) is 12.1 Å².